The zero-order valence-corrected chi connectivity index (χ0v) is 16.6. The van der Waals surface area contributed by atoms with Crippen LogP contribution in [0.15, 0.2) is 53.4 Å². The van der Waals surface area contributed by atoms with E-state index in [0.717, 1.165) is 0 Å². The molecule has 0 heterocycles. The molecule has 150 valence electrons. The molecule has 2 aromatic rings. The van der Waals surface area contributed by atoms with Crippen LogP contribution in [0.25, 0.3) is 0 Å². The predicted octanol–water partition coefficient (Wildman–Crippen LogP) is 1.71. The topological polar surface area (TPSA) is 113 Å². The van der Waals surface area contributed by atoms with Crippen LogP contribution in [-0.4, -0.2) is 58.4 Å². The van der Waals surface area contributed by atoms with Gasteiger partial charge in [0.05, 0.1) is 9.82 Å². The van der Waals surface area contributed by atoms with Crippen molar-refractivity contribution in [2.24, 2.45) is 0 Å². The lowest BCUT2D eigenvalue weighted by Crippen LogP contribution is -2.32. The molecule has 2 rings (SSSR count). The number of carbonyl (C=O) groups excluding carboxylic acids is 1. The summed E-state index contributed by atoms with van der Waals surface area (Å²) in [4.78, 5) is 27.0. The van der Waals surface area contributed by atoms with E-state index >= 15 is 0 Å². The zero-order chi connectivity index (χ0) is 20.9. The molecular formula is C18H22N4O5S. The van der Waals surface area contributed by atoms with E-state index in [9.17, 15) is 23.3 Å². The maximum absolute atomic E-state index is 12.6. The van der Waals surface area contributed by atoms with Gasteiger partial charge >= 0.3 is 5.69 Å². The highest BCUT2D eigenvalue weighted by atomic mass is 32.2. The van der Waals surface area contributed by atoms with Crippen LogP contribution in [0.3, 0.4) is 0 Å². The van der Waals surface area contributed by atoms with Gasteiger partial charge in [0.25, 0.3) is 15.9 Å². The number of hydrogen-bond acceptors (Lipinski definition) is 7. The summed E-state index contributed by atoms with van der Waals surface area (Å²) >= 11 is 0. The van der Waals surface area contributed by atoms with Crippen LogP contribution in [0.1, 0.15) is 10.4 Å². The van der Waals surface area contributed by atoms with Crippen molar-refractivity contribution < 1.29 is 18.1 Å². The Morgan fingerprint density at radius 3 is 2.25 bits per heavy atom. The molecule has 0 aliphatic rings. The van der Waals surface area contributed by atoms with Crippen LogP contribution in [0.2, 0.25) is 0 Å². The average molecular weight is 406 g/mol. The van der Waals surface area contributed by atoms with Gasteiger partial charge < -0.3 is 9.80 Å². The number of sulfonamides is 1. The fourth-order valence-electron chi connectivity index (χ4n) is 2.52. The monoisotopic (exact) mass is 406 g/mol. The molecule has 0 aromatic heterocycles. The minimum atomic E-state index is -4.15. The molecular weight excluding hydrogens is 384 g/mol. The average Bonchev–Trinajstić information content (AvgIpc) is 2.65. The molecule has 0 unspecified atom stereocenters. The summed E-state index contributed by atoms with van der Waals surface area (Å²) in [5, 5.41) is 11.7. The Kier molecular flexibility index (Phi) is 6.71. The molecule has 0 fully saturated rings. The molecule has 0 saturated carbocycles. The SMILES string of the molecule is CN(C)CCN(C)c1cccc(C(=O)NS(=O)(=O)c2ccccc2)c1[N+](=O)[O-]. The number of amides is 1. The highest BCUT2D eigenvalue weighted by Crippen LogP contribution is 2.31. The Morgan fingerprint density at radius 1 is 1.04 bits per heavy atom. The Hall–Kier alpha value is -2.98. The van der Waals surface area contributed by atoms with Crippen LogP contribution in [0.5, 0.6) is 0 Å². The van der Waals surface area contributed by atoms with E-state index in [-0.39, 0.29) is 16.1 Å². The summed E-state index contributed by atoms with van der Waals surface area (Å²) in [6.45, 7) is 1.13. The van der Waals surface area contributed by atoms with Crippen molar-refractivity contribution in [3.05, 3.63) is 64.2 Å². The van der Waals surface area contributed by atoms with Crippen LogP contribution in [-0.2, 0) is 10.0 Å². The molecule has 0 bridgehead atoms. The van der Waals surface area contributed by atoms with Gasteiger partial charge in [-0.15, -0.1) is 0 Å². The first-order valence-electron chi connectivity index (χ1n) is 8.39. The fraction of sp³-hybridized carbons (Fsp3) is 0.278. The second-order valence-corrected chi connectivity index (χ2v) is 8.09. The largest absolute Gasteiger partial charge is 0.368 e. The van der Waals surface area contributed by atoms with Gasteiger partial charge in [-0.3, -0.25) is 14.9 Å². The molecule has 0 saturated heterocycles. The van der Waals surface area contributed by atoms with Crippen molar-refractivity contribution in [1.29, 1.82) is 0 Å². The number of carbonyl (C=O) groups is 1. The highest BCUT2D eigenvalue weighted by molar-refractivity contribution is 7.90. The lowest BCUT2D eigenvalue weighted by atomic mass is 10.1. The molecule has 1 amide bonds. The molecule has 1 N–H and O–H groups in total. The second kappa shape index (κ2) is 8.81. The van der Waals surface area contributed by atoms with Crippen LogP contribution >= 0.6 is 0 Å². The molecule has 2 aromatic carbocycles. The normalized spacial score (nSPS) is 11.3. The van der Waals surface area contributed by atoms with Crippen LogP contribution < -0.4 is 9.62 Å². The lowest BCUT2D eigenvalue weighted by Gasteiger charge is -2.22. The van der Waals surface area contributed by atoms with Gasteiger partial charge in [-0.25, -0.2) is 13.1 Å². The number of nitro benzene ring substituents is 1. The summed E-state index contributed by atoms with van der Waals surface area (Å²) in [6.07, 6.45) is 0. The van der Waals surface area contributed by atoms with Gasteiger partial charge in [0.2, 0.25) is 0 Å². The molecule has 0 atom stereocenters. The Balaban J connectivity index is 2.38. The Morgan fingerprint density at radius 2 is 1.68 bits per heavy atom. The van der Waals surface area contributed by atoms with E-state index in [0.29, 0.717) is 13.1 Å². The molecule has 9 nitrogen and oxygen atoms in total. The summed E-state index contributed by atoms with van der Waals surface area (Å²) < 4.78 is 26.7. The van der Waals surface area contributed by atoms with E-state index in [1.54, 1.807) is 18.0 Å². The molecule has 0 aliphatic heterocycles. The zero-order valence-electron chi connectivity index (χ0n) is 15.8. The summed E-state index contributed by atoms with van der Waals surface area (Å²) in [5.74, 6) is -1.06. The van der Waals surface area contributed by atoms with E-state index < -0.39 is 26.5 Å². The quantitative estimate of drug-likeness (QED) is 0.524. The van der Waals surface area contributed by atoms with Gasteiger partial charge in [-0.1, -0.05) is 24.3 Å². The van der Waals surface area contributed by atoms with Gasteiger partial charge in [0.15, 0.2) is 0 Å². The van der Waals surface area contributed by atoms with Gasteiger partial charge in [-0.05, 0) is 38.4 Å². The fourth-order valence-corrected chi connectivity index (χ4v) is 3.51. The minimum Gasteiger partial charge on any atom is -0.368 e. The summed E-state index contributed by atoms with van der Waals surface area (Å²) in [6, 6.07) is 11.6. The van der Waals surface area contributed by atoms with Crippen molar-refractivity contribution in [2.75, 3.05) is 39.1 Å². The van der Waals surface area contributed by atoms with Gasteiger partial charge in [0, 0.05) is 20.1 Å². The van der Waals surface area contributed by atoms with Gasteiger partial charge in [-0.2, -0.15) is 0 Å². The number of para-hydroxylation sites is 1. The number of nitro groups is 1. The smallest absolute Gasteiger partial charge is 0.305 e. The number of rotatable bonds is 8. The maximum atomic E-state index is 12.6. The number of benzene rings is 2. The van der Waals surface area contributed by atoms with Crippen molar-refractivity contribution in [3.63, 3.8) is 0 Å². The number of likely N-dealkylation sites (N-methyl/N-ethyl adjacent to an activating group) is 2. The molecule has 10 heteroatoms. The Labute approximate surface area is 163 Å². The molecule has 0 aliphatic carbocycles. The predicted molar refractivity (Wildman–Crippen MR) is 106 cm³/mol. The lowest BCUT2D eigenvalue weighted by molar-refractivity contribution is -0.384. The van der Waals surface area contributed by atoms with E-state index in [1.165, 1.54) is 42.5 Å². The number of hydrogen-bond donors (Lipinski definition) is 1. The molecule has 0 spiro atoms. The van der Waals surface area contributed by atoms with E-state index in [1.807, 2.05) is 23.7 Å². The molecule has 0 radical (unpaired) electrons. The second-order valence-electron chi connectivity index (χ2n) is 6.40. The first-order valence-corrected chi connectivity index (χ1v) is 9.87. The first-order chi connectivity index (χ1) is 13.1. The van der Waals surface area contributed by atoms with Crippen molar-refractivity contribution in [2.45, 2.75) is 4.90 Å². The number of nitrogens with one attached hydrogen (secondary N) is 1. The van der Waals surface area contributed by atoms with E-state index in [2.05, 4.69) is 0 Å². The number of anilines is 1. The van der Waals surface area contributed by atoms with E-state index in [4.69, 9.17) is 0 Å². The van der Waals surface area contributed by atoms with Crippen LogP contribution in [0.4, 0.5) is 11.4 Å². The first kappa shape index (κ1) is 21.3. The summed E-state index contributed by atoms with van der Waals surface area (Å²) in [7, 11) is 1.28. The van der Waals surface area contributed by atoms with Gasteiger partial charge in [0.1, 0.15) is 11.3 Å². The molecule has 28 heavy (non-hydrogen) atoms. The number of nitrogens with zero attached hydrogens (tertiary/aromatic N) is 3. The highest BCUT2D eigenvalue weighted by Gasteiger charge is 2.29. The third-order valence-electron chi connectivity index (χ3n) is 4.02. The van der Waals surface area contributed by atoms with Crippen molar-refractivity contribution in [3.8, 4) is 0 Å². The Bertz CT molecular complexity index is 961. The third kappa shape index (κ3) is 5.05. The third-order valence-corrected chi connectivity index (χ3v) is 5.36. The van der Waals surface area contributed by atoms with Crippen molar-refractivity contribution in [1.82, 2.24) is 9.62 Å². The van der Waals surface area contributed by atoms with Crippen molar-refractivity contribution >= 4 is 27.3 Å². The standard InChI is InChI=1S/C18H22N4O5S/c1-20(2)12-13-21(3)16-11-7-10-15(17(16)22(24)25)18(23)19-28(26,27)14-8-5-4-6-9-14/h4-11H,12-13H2,1-3H3,(H,19,23). The van der Waals surface area contributed by atoms with Crippen LogP contribution in [0, 0.1) is 10.1 Å². The maximum Gasteiger partial charge on any atom is 0.305 e. The summed E-state index contributed by atoms with van der Waals surface area (Å²) in [5.41, 5.74) is -0.528. The minimum absolute atomic E-state index is 0.106.